The molecule has 0 spiro atoms. The van der Waals surface area contributed by atoms with Gasteiger partial charge in [-0.05, 0) is 20.8 Å². The van der Waals surface area contributed by atoms with Gasteiger partial charge < -0.3 is 24.1 Å². The van der Waals surface area contributed by atoms with E-state index in [0.29, 0.717) is 13.2 Å². The average Bonchev–Trinajstić information content (AvgIpc) is 2.32. The lowest BCUT2D eigenvalue weighted by Crippen LogP contribution is -2.26. The summed E-state index contributed by atoms with van der Waals surface area (Å²) in [5, 5.41) is 9.00. The van der Waals surface area contributed by atoms with E-state index in [1.54, 1.807) is 21.1 Å². The highest BCUT2D eigenvalue weighted by atomic mass is 16.6. The van der Waals surface area contributed by atoms with E-state index in [1.807, 2.05) is 13.8 Å². The van der Waals surface area contributed by atoms with E-state index >= 15 is 0 Å². The second-order valence-electron chi connectivity index (χ2n) is 4.35. The van der Waals surface area contributed by atoms with E-state index in [0.717, 1.165) is 0 Å². The van der Waals surface area contributed by atoms with Gasteiger partial charge in [0.1, 0.15) is 6.61 Å². The fourth-order valence-corrected chi connectivity index (χ4v) is 0.934. The molecule has 6 nitrogen and oxygen atoms in total. The Balaban J connectivity index is 0. The number of rotatable bonds is 8. The number of ether oxygens (including phenoxy) is 4. The smallest absolute Gasteiger partial charge is 0.302 e. The molecule has 3 atom stereocenters. The van der Waals surface area contributed by atoms with Gasteiger partial charge in [0.25, 0.3) is 0 Å². The number of carbonyl (C=O) groups is 1. The maximum Gasteiger partial charge on any atom is 0.302 e. The molecular weight excluding hydrogens is 252 g/mol. The highest BCUT2D eigenvalue weighted by Gasteiger charge is 2.09. The number of aliphatic hydroxyl groups is 1. The lowest BCUT2D eigenvalue weighted by molar-refractivity contribution is -0.145. The molecule has 0 aromatic carbocycles. The number of methoxy groups -OCH3 is 1. The zero-order chi connectivity index (χ0) is 15.3. The Bertz CT molecular complexity index is 207. The molecule has 0 aliphatic heterocycles. The molecule has 0 radical (unpaired) electrons. The van der Waals surface area contributed by atoms with Gasteiger partial charge in [0.05, 0.1) is 31.5 Å². The molecule has 19 heavy (non-hydrogen) atoms. The van der Waals surface area contributed by atoms with E-state index < -0.39 is 6.10 Å². The largest absolute Gasteiger partial charge is 0.463 e. The summed E-state index contributed by atoms with van der Waals surface area (Å²) in [5.74, 6) is -0.311. The van der Waals surface area contributed by atoms with Crippen LogP contribution in [0.3, 0.4) is 0 Å². The van der Waals surface area contributed by atoms with Crippen molar-refractivity contribution in [3.63, 3.8) is 0 Å². The van der Waals surface area contributed by atoms with Crippen LogP contribution < -0.4 is 0 Å². The highest BCUT2D eigenvalue weighted by Crippen LogP contribution is 1.98. The van der Waals surface area contributed by atoms with E-state index in [1.165, 1.54) is 6.92 Å². The predicted molar refractivity (Wildman–Crippen MR) is 72.1 cm³/mol. The van der Waals surface area contributed by atoms with Gasteiger partial charge in [0, 0.05) is 21.1 Å². The van der Waals surface area contributed by atoms with Crippen LogP contribution in [0.5, 0.6) is 0 Å². The second kappa shape index (κ2) is 13.7. The third-order valence-corrected chi connectivity index (χ3v) is 1.76. The topological polar surface area (TPSA) is 74.2 Å². The average molecular weight is 280 g/mol. The molecule has 116 valence electrons. The van der Waals surface area contributed by atoms with Gasteiger partial charge in [-0.1, -0.05) is 0 Å². The van der Waals surface area contributed by atoms with Crippen molar-refractivity contribution in [2.75, 3.05) is 34.0 Å². The van der Waals surface area contributed by atoms with Crippen LogP contribution in [0.1, 0.15) is 27.7 Å². The van der Waals surface area contributed by atoms with Crippen LogP contribution >= 0.6 is 0 Å². The molecule has 0 aliphatic rings. The van der Waals surface area contributed by atoms with Gasteiger partial charge in [-0.25, -0.2) is 0 Å². The summed E-state index contributed by atoms with van der Waals surface area (Å²) in [4.78, 5) is 10.5. The predicted octanol–water partition coefficient (Wildman–Crippen LogP) is 1.00. The molecule has 0 aromatic rings. The third-order valence-electron chi connectivity index (χ3n) is 1.76. The summed E-state index contributed by atoms with van der Waals surface area (Å²) < 4.78 is 19.7. The first-order valence-electron chi connectivity index (χ1n) is 6.28. The number of aliphatic hydroxyl groups excluding tert-OH is 1. The van der Waals surface area contributed by atoms with Crippen molar-refractivity contribution in [3.8, 4) is 0 Å². The van der Waals surface area contributed by atoms with Crippen LogP contribution in [0, 0.1) is 0 Å². The van der Waals surface area contributed by atoms with Gasteiger partial charge >= 0.3 is 5.97 Å². The fourth-order valence-electron chi connectivity index (χ4n) is 0.934. The molecule has 1 N–H and O–H groups in total. The van der Waals surface area contributed by atoms with Crippen LogP contribution in [0.4, 0.5) is 0 Å². The van der Waals surface area contributed by atoms with Crippen molar-refractivity contribution in [2.24, 2.45) is 0 Å². The Kier molecular flexibility index (Phi) is 14.9. The molecule has 0 saturated heterocycles. The zero-order valence-electron chi connectivity index (χ0n) is 12.8. The Hall–Kier alpha value is -0.690. The first-order chi connectivity index (χ1) is 8.83. The minimum atomic E-state index is -0.471. The number of carbonyl (C=O) groups excluding carboxylic acids is 1. The third kappa shape index (κ3) is 19.8. The van der Waals surface area contributed by atoms with Gasteiger partial charge in [-0.15, -0.1) is 0 Å². The van der Waals surface area contributed by atoms with Crippen LogP contribution in [0.25, 0.3) is 0 Å². The van der Waals surface area contributed by atoms with Crippen molar-refractivity contribution < 1.29 is 28.8 Å². The molecule has 0 bridgehead atoms. The minimum Gasteiger partial charge on any atom is -0.463 e. The summed E-state index contributed by atoms with van der Waals surface area (Å²) in [6.45, 7) is 7.67. The lowest BCUT2D eigenvalue weighted by Gasteiger charge is -2.18. The molecule has 0 heterocycles. The minimum absolute atomic E-state index is 0.0885. The summed E-state index contributed by atoms with van der Waals surface area (Å²) in [5.41, 5.74) is 0. The number of hydrogen-bond donors (Lipinski definition) is 1. The van der Waals surface area contributed by atoms with Crippen molar-refractivity contribution in [1.82, 2.24) is 0 Å². The molecule has 0 fully saturated rings. The van der Waals surface area contributed by atoms with Gasteiger partial charge in [-0.2, -0.15) is 0 Å². The maximum absolute atomic E-state index is 10.5. The molecular formula is C13H28O6. The first kappa shape index (κ1) is 20.6. The Labute approximate surface area is 116 Å². The standard InChI is InChI=1S/C11H22O5.C2H6O/c1-8(12)5-14-9(2)6-15-10(3)7-16-11(4)13;1-3-2/h8-10,12H,5-7H2,1-4H3;1-2H3. The molecule has 0 aromatic heterocycles. The molecule has 6 heteroatoms. The van der Waals surface area contributed by atoms with Crippen LogP contribution in [0.2, 0.25) is 0 Å². The molecule has 0 amide bonds. The number of hydrogen-bond acceptors (Lipinski definition) is 6. The summed E-state index contributed by atoms with van der Waals surface area (Å²) in [7, 11) is 3.25. The zero-order valence-corrected chi connectivity index (χ0v) is 12.8. The van der Waals surface area contributed by atoms with Crippen LogP contribution in [0.15, 0.2) is 0 Å². The maximum atomic E-state index is 10.5. The Morgan fingerprint density at radius 1 is 1.00 bits per heavy atom. The normalized spacial score (nSPS) is 14.9. The van der Waals surface area contributed by atoms with Crippen molar-refractivity contribution in [2.45, 2.75) is 46.0 Å². The molecule has 0 saturated carbocycles. The molecule has 0 rings (SSSR count). The van der Waals surface area contributed by atoms with Gasteiger partial charge in [0.2, 0.25) is 0 Å². The molecule has 0 aliphatic carbocycles. The monoisotopic (exact) mass is 280 g/mol. The summed E-state index contributed by atoms with van der Waals surface area (Å²) in [6, 6.07) is 0. The SMILES string of the molecule is CC(=O)OCC(C)OCC(C)OCC(C)O.COC. The summed E-state index contributed by atoms with van der Waals surface area (Å²) in [6.07, 6.45) is -0.711. The van der Waals surface area contributed by atoms with Crippen LogP contribution in [-0.2, 0) is 23.7 Å². The van der Waals surface area contributed by atoms with Gasteiger partial charge in [0.15, 0.2) is 0 Å². The second-order valence-corrected chi connectivity index (χ2v) is 4.35. The molecule has 3 unspecified atom stereocenters. The Morgan fingerprint density at radius 2 is 1.42 bits per heavy atom. The van der Waals surface area contributed by atoms with E-state index in [9.17, 15) is 4.79 Å². The van der Waals surface area contributed by atoms with Crippen molar-refractivity contribution >= 4 is 5.97 Å². The number of esters is 1. The summed E-state index contributed by atoms with van der Waals surface area (Å²) >= 11 is 0. The van der Waals surface area contributed by atoms with Crippen molar-refractivity contribution in [3.05, 3.63) is 0 Å². The van der Waals surface area contributed by atoms with E-state index in [-0.39, 0.29) is 24.8 Å². The van der Waals surface area contributed by atoms with E-state index in [4.69, 9.17) is 19.3 Å². The Morgan fingerprint density at radius 3 is 1.84 bits per heavy atom. The van der Waals surface area contributed by atoms with Gasteiger partial charge in [-0.3, -0.25) is 4.79 Å². The quantitative estimate of drug-likeness (QED) is 0.669. The van der Waals surface area contributed by atoms with Crippen LogP contribution in [-0.4, -0.2) is 63.4 Å². The highest BCUT2D eigenvalue weighted by molar-refractivity contribution is 5.65. The fraction of sp³-hybridized carbons (Fsp3) is 0.923. The van der Waals surface area contributed by atoms with E-state index in [2.05, 4.69) is 4.74 Å². The van der Waals surface area contributed by atoms with Crippen molar-refractivity contribution in [1.29, 1.82) is 0 Å². The first-order valence-corrected chi connectivity index (χ1v) is 6.28. The lowest BCUT2D eigenvalue weighted by atomic mass is 10.4.